The molecule has 0 saturated carbocycles. The number of anilines is 1. The molecule has 6 nitrogen and oxygen atoms in total. The van der Waals surface area contributed by atoms with Gasteiger partial charge in [0.2, 0.25) is 5.91 Å². The maximum atomic E-state index is 12.5. The molecule has 0 fully saturated rings. The van der Waals surface area contributed by atoms with E-state index in [2.05, 4.69) is 21.8 Å². The molecule has 28 heavy (non-hydrogen) atoms. The van der Waals surface area contributed by atoms with E-state index in [4.69, 9.17) is 4.74 Å². The van der Waals surface area contributed by atoms with Crippen LogP contribution < -0.4 is 5.32 Å². The van der Waals surface area contributed by atoms with Gasteiger partial charge in [0.25, 0.3) is 0 Å². The predicted octanol–water partition coefficient (Wildman–Crippen LogP) is 4.35. The number of esters is 1. The molecule has 1 amide bonds. The van der Waals surface area contributed by atoms with Crippen molar-refractivity contribution in [3.63, 3.8) is 0 Å². The van der Waals surface area contributed by atoms with E-state index in [1.54, 1.807) is 38.1 Å². The van der Waals surface area contributed by atoms with Gasteiger partial charge in [0, 0.05) is 6.54 Å². The molecule has 0 bridgehead atoms. The van der Waals surface area contributed by atoms with Gasteiger partial charge in [-0.05, 0) is 45.0 Å². The van der Waals surface area contributed by atoms with Crippen LogP contribution in [0.3, 0.4) is 0 Å². The second-order valence-electron chi connectivity index (χ2n) is 6.46. The van der Waals surface area contributed by atoms with Crippen molar-refractivity contribution in [3.05, 3.63) is 54.1 Å². The molecule has 1 N–H and O–H groups in total. The number of aryl methyl sites for hydroxylation is 1. The molecule has 3 aromatic rings. The van der Waals surface area contributed by atoms with Gasteiger partial charge >= 0.3 is 5.97 Å². The number of thioether (sulfide) groups is 1. The lowest BCUT2D eigenvalue weighted by atomic mass is 10.2. The van der Waals surface area contributed by atoms with Gasteiger partial charge in [0.05, 0.1) is 34.1 Å². The minimum absolute atomic E-state index is 0.191. The van der Waals surface area contributed by atoms with Crippen LogP contribution >= 0.6 is 11.8 Å². The number of hydrogen-bond acceptors (Lipinski definition) is 5. The summed E-state index contributed by atoms with van der Waals surface area (Å²) in [6.07, 6.45) is -0.228. The Bertz CT molecular complexity index is 997. The Morgan fingerprint density at radius 1 is 1.14 bits per heavy atom. The van der Waals surface area contributed by atoms with Gasteiger partial charge in [-0.3, -0.25) is 4.79 Å². The summed E-state index contributed by atoms with van der Waals surface area (Å²) in [4.78, 5) is 29.3. The third kappa shape index (κ3) is 4.54. The maximum Gasteiger partial charge on any atom is 0.340 e. The topological polar surface area (TPSA) is 73.2 Å². The molecule has 146 valence electrons. The fraction of sp³-hybridized carbons (Fsp3) is 0.286. The lowest BCUT2D eigenvalue weighted by Gasteiger charge is -2.12. The van der Waals surface area contributed by atoms with Crippen LogP contribution in [-0.2, 0) is 16.1 Å². The highest BCUT2D eigenvalue weighted by Gasteiger charge is 2.16. The number of carbonyl (C=O) groups excluding carboxylic acids is 2. The van der Waals surface area contributed by atoms with Crippen molar-refractivity contribution in [2.24, 2.45) is 0 Å². The van der Waals surface area contributed by atoms with Crippen molar-refractivity contribution < 1.29 is 14.3 Å². The van der Waals surface area contributed by atoms with Crippen molar-refractivity contribution in [3.8, 4) is 0 Å². The maximum absolute atomic E-state index is 12.5. The van der Waals surface area contributed by atoms with Crippen LogP contribution in [0.25, 0.3) is 11.0 Å². The quantitative estimate of drug-likeness (QED) is 0.474. The van der Waals surface area contributed by atoms with Crippen molar-refractivity contribution in [1.29, 1.82) is 0 Å². The molecule has 3 rings (SSSR count). The first-order chi connectivity index (χ1) is 13.5. The number of ether oxygens (including phenoxy) is 1. The van der Waals surface area contributed by atoms with Crippen LogP contribution in [0.2, 0.25) is 0 Å². The molecule has 0 aliphatic heterocycles. The summed E-state index contributed by atoms with van der Waals surface area (Å²) in [5, 5.41) is 3.61. The van der Waals surface area contributed by atoms with E-state index in [0.29, 0.717) is 11.3 Å². The minimum Gasteiger partial charge on any atom is -0.459 e. The molecule has 0 radical (unpaired) electrons. The Kier molecular flexibility index (Phi) is 6.36. The number of benzene rings is 2. The summed E-state index contributed by atoms with van der Waals surface area (Å²) >= 11 is 1.37. The smallest absolute Gasteiger partial charge is 0.340 e. The Labute approximate surface area is 168 Å². The number of nitrogens with zero attached hydrogens (tertiary/aromatic N) is 2. The van der Waals surface area contributed by atoms with Crippen molar-refractivity contribution in [2.45, 2.75) is 38.6 Å². The van der Waals surface area contributed by atoms with E-state index in [9.17, 15) is 9.59 Å². The standard InChI is InChI=1S/C21H23N3O3S/c1-4-24-18-12-8-7-11-17(18)23-21(24)28-13-19(25)22-16-10-6-5-9-15(16)20(26)27-14(2)3/h5-12,14H,4,13H2,1-3H3,(H,22,25). The Balaban J connectivity index is 1.70. The van der Waals surface area contributed by atoms with Gasteiger partial charge < -0.3 is 14.6 Å². The minimum atomic E-state index is -0.452. The summed E-state index contributed by atoms with van der Waals surface area (Å²) in [6.45, 7) is 6.40. The largest absolute Gasteiger partial charge is 0.459 e. The molecule has 0 spiro atoms. The lowest BCUT2D eigenvalue weighted by Crippen LogP contribution is -2.19. The third-order valence-electron chi connectivity index (χ3n) is 4.03. The summed E-state index contributed by atoms with van der Waals surface area (Å²) in [5.41, 5.74) is 2.75. The van der Waals surface area contributed by atoms with E-state index in [1.165, 1.54) is 11.8 Å². The van der Waals surface area contributed by atoms with Gasteiger partial charge in [0.1, 0.15) is 0 Å². The zero-order valence-corrected chi connectivity index (χ0v) is 17.0. The fourth-order valence-corrected chi connectivity index (χ4v) is 3.71. The van der Waals surface area contributed by atoms with Gasteiger partial charge in [-0.1, -0.05) is 36.0 Å². The molecule has 0 aliphatic rings. The average molecular weight is 398 g/mol. The second-order valence-corrected chi connectivity index (χ2v) is 7.41. The van der Waals surface area contributed by atoms with Crippen molar-refractivity contribution >= 4 is 40.4 Å². The number of aromatic nitrogens is 2. The summed E-state index contributed by atoms with van der Waals surface area (Å²) in [7, 11) is 0. The first-order valence-electron chi connectivity index (χ1n) is 9.17. The first-order valence-corrected chi connectivity index (χ1v) is 10.2. The highest BCUT2D eigenvalue weighted by molar-refractivity contribution is 7.99. The van der Waals surface area contributed by atoms with Gasteiger partial charge in [-0.15, -0.1) is 0 Å². The Morgan fingerprint density at radius 2 is 1.86 bits per heavy atom. The van der Waals surface area contributed by atoms with Crippen molar-refractivity contribution in [2.75, 3.05) is 11.1 Å². The summed E-state index contributed by atoms with van der Waals surface area (Å²) < 4.78 is 7.33. The predicted molar refractivity (Wildman–Crippen MR) is 112 cm³/mol. The second kappa shape index (κ2) is 8.93. The highest BCUT2D eigenvalue weighted by atomic mass is 32.2. The SMILES string of the molecule is CCn1c(SCC(=O)Nc2ccccc2C(=O)OC(C)C)nc2ccccc21. The molecular weight excluding hydrogens is 374 g/mol. The van der Waals surface area contributed by atoms with E-state index in [1.807, 2.05) is 24.3 Å². The van der Waals surface area contributed by atoms with E-state index in [-0.39, 0.29) is 17.8 Å². The number of imidazole rings is 1. The highest BCUT2D eigenvalue weighted by Crippen LogP contribution is 2.24. The molecule has 1 aromatic heterocycles. The zero-order chi connectivity index (χ0) is 20.1. The number of para-hydroxylation sites is 3. The molecule has 0 atom stereocenters. The average Bonchev–Trinajstić information content (AvgIpc) is 3.03. The molecule has 2 aromatic carbocycles. The molecule has 7 heteroatoms. The number of hydrogen-bond donors (Lipinski definition) is 1. The molecule has 1 heterocycles. The summed E-state index contributed by atoms with van der Waals surface area (Å²) in [6, 6.07) is 14.8. The summed E-state index contributed by atoms with van der Waals surface area (Å²) in [5.74, 6) is -0.465. The number of carbonyl (C=O) groups is 2. The van der Waals surface area contributed by atoms with E-state index < -0.39 is 5.97 Å². The zero-order valence-electron chi connectivity index (χ0n) is 16.1. The van der Waals surface area contributed by atoms with Gasteiger partial charge in [-0.25, -0.2) is 9.78 Å². The fourth-order valence-electron chi connectivity index (χ4n) is 2.83. The van der Waals surface area contributed by atoms with Crippen LogP contribution in [0.5, 0.6) is 0 Å². The molecule has 0 unspecified atom stereocenters. The van der Waals surface area contributed by atoms with Crippen molar-refractivity contribution in [1.82, 2.24) is 9.55 Å². The van der Waals surface area contributed by atoms with Crippen LogP contribution in [0, 0.1) is 0 Å². The molecular formula is C21H23N3O3S. The normalized spacial score (nSPS) is 11.0. The lowest BCUT2D eigenvalue weighted by molar-refractivity contribution is -0.113. The van der Waals surface area contributed by atoms with Crippen LogP contribution in [0.15, 0.2) is 53.7 Å². The van der Waals surface area contributed by atoms with E-state index in [0.717, 1.165) is 22.7 Å². The molecule has 0 saturated heterocycles. The number of amides is 1. The monoisotopic (exact) mass is 397 g/mol. The van der Waals surface area contributed by atoms with Crippen LogP contribution in [-0.4, -0.2) is 33.3 Å². The number of fused-ring (bicyclic) bond motifs is 1. The number of nitrogens with one attached hydrogen (secondary N) is 1. The van der Waals surface area contributed by atoms with Crippen LogP contribution in [0.4, 0.5) is 5.69 Å². The van der Waals surface area contributed by atoms with E-state index >= 15 is 0 Å². The van der Waals surface area contributed by atoms with Gasteiger partial charge in [0.15, 0.2) is 5.16 Å². The van der Waals surface area contributed by atoms with Gasteiger partial charge in [-0.2, -0.15) is 0 Å². The third-order valence-corrected chi connectivity index (χ3v) is 5.01. The first kappa shape index (κ1) is 19.9. The number of rotatable bonds is 7. The van der Waals surface area contributed by atoms with Crippen LogP contribution in [0.1, 0.15) is 31.1 Å². The molecule has 0 aliphatic carbocycles. The Morgan fingerprint density at radius 3 is 2.61 bits per heavy atom. The Hall–Kier alpha value is -2.80.